The van der Waals surface area contributed by atoms with Gasteiger partial charge in [-0.25, -0.2) is 0 Å². The summed E-state index contributed by atoms with van der Waals surface area (Å²) in [5.41, 5.74) is 0.439. The van der Waals surface area contributed by atoms with Crippen molar-refractivity contribution in [2.45, 2.75) is 90.1 Å². The molecule has 25 heavy (non-hydrogen) atoms. The van der Waals surface area contributed by atoms with Gasteiger partial charge in [-0.05, 0) is 50.9 Å². The van der Waals surface area contributed by atoms with Crippen LogP contribution >= 0.6 is 24.0 Å². The molecule has 3 aliphatic rings. The van der Waals surface area contributed by atoms with Gasteiger partial charge in [0.15, 0.2) is 5.96 Å². The number of nitrogens with zero attached hydrogens (tertiary/aromatic N) is 2. The molecule has 0 radical (unpaired) electrons. The van der Waals surface area contributed by atoms with E-state index in [9.17, 15) is 0 Å². The van der Waals surface area contributed by atoms with Crippen LogP contribution in [0.1, 0.15) is 78.1 Å². The topological polar surface area (TPSA) is 39.7 Å². The van der Waals surface area contributed by atoms with Crippen molar-refractivity contribution in [3.63, 3.8) is 0 Å². The Labute approximate surface area is 172 Å². The molecule has 146 valence electrons. The highest BCUT2D eigenvalue weighted by Gasteiger charge is 2.29. The van der Waals surface area contributed by atoms with Crippen molar-refractivity contribution < 1.29 is 0 Å². The molecule has 2 saturated carbocycles. The Bertz CT molecular complexity index is 406. The largest absolute Gasteiger partial charge is 0.357 e. The van der Waals surface area contributed by atoms with Gasteiger partial charge < -0.3 is 15.5 Å². The summed E-state index contributed by atoms with van der Waals surface area (Å²) in [6, 6.07) is 1.48. The molecule has 0 bridgehead atoms. The second-order valence-electron chi connectivity index (χ2n) is 8.61. The third-order valence-corrected chi connectivity index (χ3v) is 6.49. The number of likely N-dealkylation sites (tertiary alicyclic amines) is 1. The highest BCUT2D eigenvalue weighted by Crippen LogP contribution is 2.37. The fraction of sp³-hybridized carbons (Fsp3) is 0.950. The summed E-state index contributed by atoms with van der Waals surface area (Å²) in [5, 5.41) is 7.18. The Morgan fingerprint density at radius 1 is 1.04 bits per heavy atom. The summed E-state index contributed by atoms with van der Waals surface area (Å²) in [7, 11) is 0. The molecule has 0 spiro atoms. The molecule has 5 heteroatoms. The fourth-order valence-electron chi connectivity index (χ4n) is 4.85. The van der Waals surface area contributed by atoms with Crippen LogP contribution in [0.25, 0.3) is 0 Å². The van der Waals surface area contributed by atoms with E-state index in [-0.39, 0.29) is 24.0 Å². The SMILES string of the molecule is CCNC(=NCC1(C)CCCC1)NC1CCN(C2CCCC2)CC1.I. The summed E-state index contributed by atoms with van der Waals surface area (Å²) in [5.74, 6) is 1.05. The average molecular weight is 462 g/mol. The van der Waals surface area contributed by atoms with Crippen molar-refractivity contribution >= 4 is 29.9 Å². The van der Waals surface area contributed by atoms with E-state index in [0.717, 1.165) is 25.1 Å². The van der Waals surface area contributed by atoms with Crippen LogP contribution in [0.5, 0.6) is 0 Å². The maximum Gasteiger partial charge on any atom is 0.191 e. The molecule has 1 aliphatic heterocycles. The van der Waals surface area contributed by atoms with Gasteiger partial charge in [-0.1, -0.05) is 32.6 Å². The molecule has 2 N–H and O–H groups in total. The standard InChI is InChI=1S/C20H38N4.HI/c1-3-21-19(22-16-20(2)12-6-7-13-20)23-17-10-14-24(15-11-17)18-8-4-5-9-18;/h17-18H,3-16H2,1-2H3,(H2,21,22,23);1H. The smallest absolute Gasteiger partial charge is 0.191 e. The second-order valence-corrected chi connectivity index (χ2v) is 8.61. The highest BCUT2D eigenvalue weighted by molar-refractivity contribution is 14.0. The Hall–Kier alpha value is -0.0400. The normalized spacial score (nSPS) is 25.8. The molecule has 3 rings (SSSR count). The number of guanidine groups is 1. The molecule has 3 fully saturated rings. The van der Waals surface area contributed by atoms with Crippen LogP contribution < -0.4 is 10.6 Å². The van der Waals surface area contributed by atoms with Gasteiger partial charge in [0.25, 0.3) is 0 Å². The van der Waals surface area contributed by atoms with Crippen LogP contribution in [0.2, 0.25) is 0 Å². The summed E-state index contributed by atoms with van der Waals surface area (Å²) in [6.45, 7) is 9.02. The Balaban J connectivity index is 0.00000225. The van der Waals surface area contributed by atoms with Crippen molar-refractivity contribution in [3.05, 3.63) is 0 Å². The molecule has 0 aromatic rings. The number of hydrogen-bond donors (Lipinski definition) is 2. The predicted octanol–water partition coefficient (Wildman–Crippen LogP) is 4.15. The third kappa shape index (κ3) is 6.26. The molecule has 2 aliphatic carbocycles. The van der Waals surface area contributed by atoms with E-state index in [1.165, 1.54) is 77.3 Å². The van der Waals surface area contributed by atoms with Crippen molar-refractivity contribution in [2.75, 3.05) is 26.2 Å². The molecule has 4 nitrogen and oxygen atoms in total. The van der Waals surface area contributed by atoms with Crippen LogP contribution in [0.4, 0.5) is 0 Å². The van der Waals surface area contributed by atoms with E-state index in [0.29, 0.717) is 11.5 Å². The summed E-state index contributed by atoms with van der Waals surface area (Å²) in [4.78, 5) is 7.68. The quantitative estimate of drug-likeness (QED) is 0.367. The molecule has 1 saturated heterocycles. The summed E-state index contributed by atoms with van der Waals surface area (Å²) < 4.78 is 0. The number of hydrogen-bond acceptors (Lipinski definition) is 2. The van der Waals surface area contributed by atoms with Gasteiger partial charge in [0.1, 0.15) is 0 Å². The highest BCUT2D eigenvalue weighted by atomic mass is 127. The van der Waals surface area contributed by atoms with Gasteiger partial charge in [-0.2, -0.15) is 0 Å². The van der Waals surface area contributed by atoms with Crippen LogP contribution in [-0.4, -0.2) is 49.1 Å². The number of nitrogens with one attached hydrogen (secondary N) is 2. The number of piperidine rings is 1. The van der Waals surface area contributed by atoms with Gasteiger partial charge in [0, 0.05) is 38.3 Å². The van der Waals surface area contributed by atoms with Crippen LogP contribution in [0, 0.1) is 5.41 Å². The minimum Gasteiger partial charge on any atom is -0.357 e. The van der Waals surface area contributed by atoms with Crippen molar-refractivity contribution in [2.24, 2.45) is 10.4 Å². The lowest BCUT2D eigenvalue weighted by atomic mass is 9.89. The molecule has 0 aromatic heterocycles. The van der Waals surface area contributed by atoms with Gasteiger partial charge in [0.2, 0.25) is 0 Å². The lowest BCUT2D eigenvalue weighted by Crippen LogP contribution is -2.50. The Kier molecular flexibility index (Phi) is 8.79. The number of halogens is 1. The van der Waals surface area contributed by atoms with Crippen molar-refractivity contribution in [3.8, 4) is 0 Å². The second kappa shape index (κ2) is 10.3. The van der Waals surface area contributed by atoms with E-state index in [2.05, 4.69) is 29.4 Å². The molecule has 0 unspecified atom stereocenters. The van der Waals surface area contributed by atoms with E-state index < -0.39 is 0 Å². The third-order valence-electron chi connectivity index (χ3n) is 6.49. The van der Waals surface area contributed by atoms with Crippen molar-refractivity contribution in [1.82, 2.24) is 15.5 Å². The van der Waals surface area contributed by atoms with E-state index in [1.807, 2.05) is 0 Å². The average Bonchev–Trinajstić information content (AvgIpc) is 3.26. The zero-order chi connectivity index (χ0) is 16.8. The van der Waals surface area contributed by atoms with Gasteiger partial charge in [-0.3, -0.25) is 4.99 Å². The van der Waals surface area contributed by atoms with Gasteiger partial charge in [0.05, 0.1) is 0 Å². The summed E-state index contributed by atoms with van der Waals surface area (Å²) in [6.07, 6.45) is 13.7. The predicted molar refractivity (Wildman–Crippen MR) is 118 cm³/mol. The lowest BCUT2D eigenvalue weighted by molar-refractivity contribution is 0.150. The maximum atomic E-state index is 4.94. The van der Waals surface area contributed by atoms with E-state index in [4.69, 9.17) is 4.99 Å². The monoisotopic (exact) mass is 462 g/mol. The van der Waals surface area contributed by atoms with Crippen LogP contribution in [0.15, 0.2) is 4.99 Å². The van der Waals surface area contributed by atoms with E-state index >= 15 is 0 Å². The summed E-state index contributed by atoms with van der Waals surface area (Å²) >= 11 is 0. The molecule has 0 atom stereocenters. The maximum absolute atomic E-state index is 4.94. The molecule has 0 amide bonds. The van der Waals surface area contributed by atoms with Gasteiger partial charge >= 0.3 is 0 Å². The molecular weight excluding hydrogens is 423 g/mol. The molecule has 1 heterocycles. The number of rotatable bonds is 5. The van der Waals surface area contributed by atoms with Crippen molar-refractivity contribution in [1.29, 1.82) is 0 Å². The van der Waals surface area contributed by atoms with Gasteiger partial charge in [-0.15, -0.1) is 24.0 Å². The van der Waals surface area contributed by atoms with Crippen LogP contribution in [-0.2, 0) is 0 Å². The molecule has 0 aromatic carbocycles. The Morgan fingerprint density at radius 3 is 2.28 bits per heavy atom. The van der Waals surface area contributed by atoms with E-state index in [1.54, 1.807) is 0 Å². The Morgan fingerprint density at radius 2 is 1.68 bits per heavy atom. The first-order chi connectivity index (χ1) is 11.7. The molecular formula is C20H39IN4. The zero-order valence-corrected chi connectivity index (χ0v) is 18.7. The number of aliphatic imine (C=N–C) groups is 1. The zero-order valence-electron chi connectivity index (χ0n) is 16.4. The first-order valence-corrected chi connectivity index (χ1v) is 10.5. The first kappa shape index (κ1) is 21.3. The van der Waals surface area contributed by atoms with Crippen LogP contribution in [0.3, 0.4) is 0 Å². The minimum atomic E-state index is 0. The minimum absolute atomic E-state index is 0. The lowest BCUT2D eigenvalue weighted by Gasteiger charge is -2.36. The first-order valence-electron chi connectivity index (χ1n) is 10.5. The fourth-order valence-corrected chi connectivity index (χ4v) is 4.85.